The fourth-order valence-corrected chi connectivity index (χ4v) is 4.32. The van der Waals surface area contributed by atoms with Crippen LogP contribution in [0.15, 0.2) is 89.4 Å². The van der Waals surface area contributed by atoms with Crippen molar-refractivity contribution >= 4 is 55.5 Å². The molecule has 2 aromatic heterocycles. The van der Waals surface area contributed by atoms with Gasteiger partial charge in [-0.25, -0.2) is 19.6 Å². The maximum atomic E-state index is 12.0. The van der Waals surface area contributed by atoms with Crippen LogP contribution in [0.3, 0.4) is 0 Å². The van der Waals surface area contributed by atoms with Crippen LogP contribution in [0.5, 0.6) is 11.6 Å². The number of nitrogens with zero attached hydrogens (tertiary/aromatic N) is 2. The number of hydrogen-bond acceptors (Lipinski definition) is 6. The number of ether oxygens (including phenoxy) is 1. The van der Waals surface area contributed by atoms with Crippen LogP contribution in [-0.2, 0) is 11.2 Å². The zero-order valence-electron chi connectivity index (χ0n) is 19.3. The van der Waals surface area contributed by atoms with E-state index >= 15 is 0 Å². The summed E-state index contributed by atoms with van der Waals surface area (Å²) in [5.41, 5.74) is 1.98. The third-order valence-electron chi connectivity index (χ3n) is 5.77. The highest BCUT2D eigenvalue weighted by molar-refractivity contribution is 9.10. The number of carboxylic acids is 2. The number of pyridine rings is 2. The first-order valence-corrected chi connectivity index (χ1v) is 12.1. The first-order chi connectivity index (χ1) is 17.9. The van der Waals surface area contributed by atoms with Gasteiger partial charge in [-0.1, -0.05) is 46.3 Å². The standard InChI is InChI=1S/C28H20BrN3O5/c29-19-8-11-23-18(14-19)15-21(27(33)34)26(31-23)32-24(28(35)36)13-16-5-9-20(10-6-16)37-25-12-7-17-3-1-2-4-22(17)30-25/h1-12,14-15,24H,13H2,(H,31,32)(H,33,34)(H,35,36). The largest absolute Gasteiger partial charge is 0.480 e. The van der Waals surface area contributed by atoms with Crippen LogP contribution in [0.2, 0.25) is 0 Å². The Balaban J connectivity index is 1.34. The van der Waals surface area contributed by atoms with Gasteiger partial charge < -0.3 is 20.3 Å². The summed E-state index contributed by atoms with van der Waals surface area (Å²) in [7, 11) is 0. The van der Waals surface area contributed by atoms with Gasteiger partial charge >= 0.3 is 11.9 Å². The Morgan fingerprint density at radius 3 is 2.38 bits per heavy atom. The van der Waals surface area contributed by atoms with Crippen molar-refractivity contribution < 1.29 is 24.5 Å². The summed E-state index contributed by atoms with van der Waals surface area (Å²) < 4.78 is 6.64. The number of halogens is 1. The smallest absolute Gasteiger partial charge is 0.339 e. The Morgan fingerprint density at radius 2 is 1.62 bits per heavy atom. The maximum Gasteiger partial charge on any atom is 0.339 e. The van der Waals surface area contributed by atoms with E-state index in [1.54, 1.807) is 48.5 Å². The van der Waals surface area contributed by atoms with E-state index in [9.17, 15) is 19.8 Å². The van der Waals surface area contributed by atoms with E-state index < -0.39 is 18.0 Å². The number of carbonyl (C=O) groups is 2. The predicted octanol–water partition coefficient (Wildman–Crippen LogP) is 6.14. The molecule has 1 atom stereocenters. The number of benzene rings is 3. The van der Waals surface area contributed by atoms with E-state index in [2.05, 4.69) is 31.2 Å². The summed E-state index contributed by atoms with van der Waals surface area (Å²) in [6.07, 6.45) is 0.100. The van der Waals surface area contributed by atoms with Gasteiger partial charge in [0.25, 0.3) is 0 Å². The Morgan fingerprint density at radius 1 is 0.865 bits per heavy atom. The lowest BCUT2D eigenvalue weighted by Crippen LogP contribution is -2.32. The molecule has 0 amide bonds. The van der Waals surface area contributed by atoms with Gasteiger partial charge in [-0.05, 0) is 54.1 Å². The summed E-state index contributed by atoms with van der Waals surface area (Å²) in [4.78, 5) is 32.8. The summed E-state index contributed by atoms with van der Waals surface area (Å²) in [6, 6.07) is 24.1. The fourth-order valence-electron chi connectivity index (χ4n) is 3.94. The molecule has 0 aliphatic carbocycles. The highest BCUT2D eigenvalue weighted by Crippen LogP contribution is 2.26. The third kappa shape index (κ3) is 5.52. The molecule has 5 rings (SSSR count). The number of carboxylic acid groups (broad SMARTS) is 2. The molecule has 5 aromatic rings. The van der Waals surface area contributed by atoms with Crippen LogP contribution in [0.4, 0.5) is 5.82 Å². The molecule has 37 heavy (non-hydrogen) atoms. The quantitative estimate of drug-likeness (QED) is 0.208. The number of aliphatic carboxylic acids is 1. The molecular weight excluding hydrogens is 538 g/mol. The van der Waals surface area contributed by atoms with Gasteiger partial charge in [-0.2, -0.15) is 0 Å². The monoisotopic (exact) mass is 557 g/mol. The lowest BCUT2D eigenvalue weighted by molar-refractivity contribution is -0.137. The lowest BCUT2D eigenvalue weighted by Gasteiger charge is -2.17. The van der Waals surface area contributed by atoms with Crippen molar-refractivity contribution in [2.75, 3.05) is 5.32 Å². The van der Waals surface area contributed by atoms with E-state index in [1.165, 1.54) is 6.07 Å². The highest BCUT2D eigenvalue weighted by atomic mass is 79.9. The highest BCUT2D eigenvalue weighted by Gasteiger charge is 2.22. The summed E-state index contributed by atoms with van der Waals surface area (Å²) in [5, 5.41) is 24.0. The van der Waals surface area contributed by atoms with Gasteiger partial charge in [0.15, 0.2) is 0 Å². The van der Waals surface area contributed by atoms with Gasteiger partial charge in [0.05, 0.1) is 11.0 Å². The first-order valence-electron chi connectivity index (χ1n) is 11.3. The third-order valence-corrected chi connectivity index (χ3v) is 6.27. The molecule has 0 radical (unpaired) electrons. The number of aromatic nitrogens is 2. The van der Waals surface area contributed by atoms with Crippen molar-refractivity contribution in [2.45, 2.75) is 12.5 Å². The van der Waals surface area contributed by atoms with Crippen LogP contribution in [-0.4, -0.2) is 38.2 Å². The minimum atomic E-state index is -1.20. The molecular formula is C28H20BrN3O5. The van der Waals surface area contributed by atoms with Gasteiger partial charge in [0, 0.05) is 27.7 Å². The number of hydrogen-bond donors (Lipinski definition) is 3. The zero-order chi connectivity index (χ0) is 25.9. The second-order valence-corrected chi connectivity index (χ2v) is 9.27. The Kier molecular flexibility index (Phi) is 6.70. The van der Waals surface area contributed by atoms with Crippen molar-refractivity contribution in [3.63, 3.8) is 0 Å². The molecule has 3 aromatic carbocycles. The summed E-state index contributed by atoms with van der Waals surface area (Å²) in [5.74, 6) is -1.33. The molecule has 0 aliphatic heterocycles. The minimum absolute atomic E-state index is 0.00273. The van der Waals surface area contributed by atoms with E-state index in [0.717, 1.165) is 20.9 Å². The molecule has 2 heterocycles. The number of para-hydroxylation sites is 1. The summed E-state index contributed by atoms with van der Waals surface area (Å²) in [6.45, 7) is 0. The van der Waals surface area contributed by atoms with Gasteiger partial charge in [0.2, 0.25) is 5.88 Å². The first kappa shape index (κ1) is 24.2. The lowest BCUT2D eigenvalue weighted by atomic mass is 10.0. The van der Waals surface area contributed by atoms with Gasteiger partial charge in [-0.3, -0.25) is 0 Å². The van der Waals surface area contributed by atoms with Crippen LogP contribution >= 0.6 is 15.9 Å². The number of aromatic carboxylic acids is 1. The Labute approximate surface area is 219 Å². The number of nitrogens with one attached hydrogen (secondary N) is 1. The predicted molar refractivity (Wildman–Crippen MR) is 143 cm³/mol. The Hall–Kier alpha value is -4.50. The molecule has 0 saturated carbocycles. The molecule has 8 nitrogen and oxygen atoms in total. The molecule has 0 bridgehead atoms. The van der Waals surface area contributed by atoms with Crippen molar-refractivity contribution in [1.82, 2.24) is 9.97 Å². The van der Waals surface area contributed by atoms with E-state index in [0.29, 0.717) is 22.5 Å². The van der Waals surface area contributed by atoms with Crippen LogP contribution in [0, 0.1) is 0 Å². The SMILES string of the molecule is O=C(O)c1cc2cc(Br)ccc2nc1NC(Cc1ccc(Oc2ccc3ccccc3n2)cc1)C(=O)O. The van der Waals surface area contributed by atoms with Crippen molar-refractivity contribution in [3.8, 4) is 11.6 Å². The number of rotatable bonds is 8. The van der Waals surface area contributed by atoms with Crippen molar-refractivity contribution in [3.05, 3.63) is 101 Å². The van der Waals surface area contributed by atoms with E-state index in [1.807, 2.05) is 30.3 Å². The van der Waals surface area contributed by atoms with Gasteiger partial charge in [-0.15, -0.1) is 0 Å². The summed E-state index contributed by atoms with van der Waals surface area (Å²) >= 11 is 3.36. The molecule has 1 unspecified atom stereocenters. The molecule has 3 N–H and O–H groups in total. The van der Waals surface area contributed by atoms with Crippen LogP contribution in [0.25, 0.3) is 21.8 Å². The molecule has 9 heteroatoms. The molecule has 0 saturated heterocycles. The van der Waals surface area contributed by atoms with E-state index in [4.69, 9.17) is 4.74 Å². The van der Waals surface area contributed by atoms with Gasteiger partial charge in [0.1, 0.15) is 23.2 Å². The van der Waals surface area contributed by atoms with Crippen molar-refractivity contribution in [1.29, 1.82) is 0 Å². The maximum absolute atomic E-state index is 12.0. The molecule has 0 spiro atoms. The molecule has 184 valence electrons. The number of anilines is 1. The van der Waals surface area contributed by atoms with E-state index in [-0.39, 0.29) is 17.8 Å². The van der Waals surface area contributed by atoms with Crippen LogP contribution < -0.4 is 10.1 Å². The zero-order valence-corrected chi connectivity index (χ0v) is 20.8. The average Bonchev–Trinajstić information content (AvgIpc) is 2.89. The average molecular weight is 558 g/mol. The fraction of sp³-hybridized carbons (Fsp3) is 0.0714. The molecule has 0 fully saturated rings. The second kappa shape index (κ2) is 10.2. The molecule has 0 aliphatic rings. The normalized spacial score (nSPS) is 11.8. The van der Waals surface area contributed by atoms with Crippen molar-refractivity contribution in [2.24, 2.45) is 0 Å². The van der Waals surface area contributed by atoms with Crippen LogP contribution in [0.1, 0.15) is 15.9 Å². The second-order valence-electron chi connectivity index (χ2n) is 8.35. The number of fused-ring (bicyclic) bond motifs is 2. The minimum Gasteiger partial charge on any atom is -0.480 e. The Bertz CT molecular complexity index is 1640. The topological polar surface area (TPSA) is 122 Å².